The molecule has 8 heteroatoms. The Kier molecular flexibility index (Phi) is 4.18. The number of carbonyl (C=O) groups is 1. The number of hydrogen-bond acceptors (Lipinski definition) is 4. The van der Waals surface area contributed by atoms with E-state index < -0.39 is 15.8 Å². The summed E-state index contributed by atoms with van der Waals surface area (Å²) >= 11 is 1.05. The van der Waals surface area contributed by atoms with Gasteiger partial charge in [0, 0.05) is 0 Å². The van der Waals surface area contributed by atoms with Gasteiger partial charge in [-0.1, -0.05) is 30.0 Å². The van der Waals surface area contributed by atoms with E-state index in [1.165, 1.54) is 4.90 Å². The zero-order valence-corrected chi connectivity index (χ0v) is 13.3. The van der Waals surface area contributed by atoms with Crippen LogP contribution >= 0.6 is 11.8 Å². The summed E-state index contributed by atoms with van der Waals surface area (Å²) in [6, 6.07) is 13.1. The van der Waals surface area contributed by atoms with E-state index in [0.29, 0.717) is 5.69 Å². The molecule has 3 rings (SSSR count). The molecule has 1 amide bonds. The molecule has 0 bridgehead atoms. The summed E-state index contributed by atoms with van der Waals surface area (Å²) in [4.78, 5) is 13.2. The van der Waals surface area contributed by atoms with E-state index in [1.54, 1.807) is 30.3 Å². The SMILES string of the molecule is O=C1CSC(=NS(=O)(=O)c2ccc(F)cc2)N1c1ccccc1. The van der Waals surface area contributed by atoms with Gasteiger partial charge in [0.1, 0.15) is 5.82 Å². The van der Waals surface area contributed by atoms with Gasteiger partial charge >= 0.3 is 0 Å². The van der Waals surface area contributed by atoms with Gasteiger partial charge in [0.25, 0.3) is 10.0 Å². The van der Waals surface area contributed by atoms with Crippen molar-refractivity contribution in [1.29, 1.82) is 0 Å². The van der Waals surface area contributed by atoms with Crippen LogP contribution in [0, 0.1) is 5.82 Å². The van der Waals surface area contributed by atoms with E-state index in [-0.39, 0.29) is 21.7 Å². The Balaban J connectivity index is 2.00. The Morgan fingerprint density at radius 3 is 2.35 bits per heavy atom. The maximum Gasteiger partial charge on any atom is 0.284 e. The number of anilines is 1. The van der Waals surface area contributed by atoms with Gasteiger partial charge in [-0.3, -0.25) is 9.69 Å². The van der Waals surface area contributed by atoms with Gasteiger partial charge < -0.3 is 0 Å². The first-order valence-corrected chi connectivity index (χ1v) is 9.01. The van der Waals surface area contributed by atoms with E-state index in [9.17, 15) is 17.6 Å². The van der Waals surface area contributed by atoms with Crippen LogP contribution < -0.4 is 4.90 Å². The van der Waals surface area contributed by atoms with Crippen molar-refractivity contribution in [2.75, 3.05) is 10.7 Å². The van der Waals surface area contributed by atoms with Gasteiger partial charge in [-0.15, -0.1) is 4.40 Å². The van der Waals surface area contributed by atoms with Gasteiger partial charge in [0.05, 0.1) is 16.3 Å². The van der Waals surface area contributed by atoms with Gasteiger partial charge in [-0.25, -0.2) is 4.39 Å². The fourth-order valence-corrected chi connectivity index (χ4v) is 4.12. The maximum atomic E-state index is 12.9. The van der Waals surface area contributed by atoms with Crippen molar-refractivity contribution < 1.29 is 17.6 Å². The van der Waals surface area contributed by atoms with Crippen LogP contribution in [-0.4, -0.2) is 25.2 Å². The van der Waals surface area contributed by atoms with Crippen molar-refractivity contribution in [1.82, 2.24) is 0 Å². The molecule has 1 aliphatic rings. The molecule has 1 aliphatic heterocycles. The van der Waals surface area contributed by atoms with Crippen LogP contribution in [0.15, 0.2) is 63.9 Å². The Labute approximate surface area is 136 Å². The van der Waals surface area contributed by atoms with Gasteiger partial charge in [-0.05, 0) is 36.4 Å². The summed E-state index contributed by atoms with van der Waals surface area (Å²) in [6.07, 6.45) is 0. The Morgan fingerprint density at radius 2 is 1.70 bits per heavy atom. The Bertz CT molecular complexity index is 865. The third kappa shape index (κ3) is 3.27. The van der Waals surface area contributed by atoms with E-state index in [2.05, 4.69) is 4.40 Å². The average molecular weight is 350 g/mol. The zero-order chi connectivity index (χ0) is 16.4. The lowest BCUT2D eigenvalue weighted by molar-refractivity contribution is -0.115. The lowest BCUT2D eigenvalue weighted by Crippen LogP contribution is -2.29. The second-order valence-corrected chi connectivity index (χ2v) is 7.20. The summed E-state index contributed by atoms with van der Waals surface area (Å²) in [5.41, 5.74) is 0.551. The van der Waals surface area contributed by atoms with Gasteiger partial charge in [0.2, 0.25) is 5.91 Å². The topological polar surface area (TPSA) is 66.8 Å². The third-order valence-electron chi connectivity index (χ3n) is 3.09. The minimum atomic E-state index is -4.02. The predicted molar refractivity (Wildman–Crippen MR) is 87.4 cm³/mol. The number of thioether (sulfide) groups is 1. The molecule has 1 fully saturated rings. The highest BCUT2D eigenvalue weighted by molar-refractivity contribution is 8.16. The summed E-state index contributed by atoms with van der Waals surface area (Å²) in [6.45, 7) is 0. The third-order valence-corrected chi connectivity index (χ3v) is 5.41. The molecule has 5 nitrogen and oxygen atoms in total. The summed E-state index contributed by atoms with van der Waals surface area (Å²) in [5, 5.41) is 0.0884. The molecule has 0 aromatic heterocycles. The largest absolute Gasteiger partial charge is 0.284 e. The van der Waals surface area contributed by atoms with Crippen LogP contribution in [0.25, 0.3) is 0 Å². The van der Waals surface area contributed by atoms with Crippen LogP contribution in [0.2, 0.25) is 0 Å². The molecule has 0 N–H and O–H groups in total. The number of rotatable bonds is 3. The fourth-order valence-electron chi connectivity index (χ4n) is 2.02. The van der Waals surface area contributed by atoms with Crippen molar-refractivity contribution in [3.05, 3.63) is 60.4 Å². The highest BCUT2D eigenvalue weighted by Gasteiger charge is 2.31. The maximum absolute atomic E-state index is 12.9. The van der Waals surface area contributed by atoms with Crippen molar-refractivity contribution in [3.8, 4) is 0 Å². The molecule has 0 radical (unpaired) electrons. The molecule has 0 saturated carbocycles. The molecule has 2 aromatic rings. The summed E-state index contributed by atoms with van der Waals surface area (Å²) in [5.74, 6) is -0.658. The first kappa shape index (κ1) is 15.7. The number of amides is 1. The number of hydrogen-bond donors (Lipinski definition) is 0. The fraction of sp³-hybridized carbons (Fsp3) is 0.0667. The number of halogens is 1. The second kappa shape index (κ2) is 6.13. The minimum Gasteiger partial charge on any atom is -0.273 e. The highest BCUT2D eigenvalue weighted by atomic mass is 32.2. The van der Waals surface area contributed by atoms with Gasteiger partial charge in [0.15, 0.2) is 5.17 Å². The van der Waals surface area contributed by atoms with E-state index in [1.807, 2.05) is 0 Å². The first-order valence-electron chi connectivity index (χ1n) is 6.59. The molecule has 23 heavy (non-hydrogen) atoms. The van der Waals surface area contributed by atoms with Crippen molar-refractivity contribution in [2.24, 2.45) is 4.40 Å². The van der Waals surface area contributed by atoms with E-state index >= 15 is 0 Å². The molecule has 118 valence electrons. The van der Waals surface area contributed by atoms with Gasteiger partial charge in [-0.2, -0.15) is 8.42 Å². The molecular weight excluding hydrogens is 339 g/mol. The zero-order valence-electron chi connectivity index (χ0n) is 11.7. The first-order chi connectivity index (χ1) is 11.0. The minimum absolute atomic E-state index is 0.0884. The van der Waals surface area contributed by atoms with Crippen LogP contribution in [0.3, 0.4) is 0 Å². The van der Waals surface area contributed by atoms with Crippen LogP contribution in [0.5, 0.6) is 0 Å². The van der Waals surface area contributed by atoms with E-state index in [4.69, 9.17) is 0 Å². The number of benzene rings is 2. The van der Waals surface area contributed by atoms with Crippen molar-refractivity contribution >= 4 is 38.5 Å². The number of amidine groups is 1. The van der Waals surface area contributed by atoms with Crippen molar-refractivity contribution in [3.63, 3.8) is 0 Å². The lowest BCUT2D eigenvalue weighted by atomic mass is 10.3. The number of nitrogens with zero attached hydrogens (tertiary/aromatic N) is 2. The normalized spacial score (nSPS) is 17.0. The predicted octanol–water partition coefficient (Wildman–Crippen LogP) is 2.65. The Morgan fingerprint density at radius 1 is 1.04 bits per heavy atom. The summed E-state index contributed by atoms with van der Waals surface area (Å²) < 4.78 is 41.3. The smallest absolute Gasteiger partial charge is 0.273 e. The monoisotopic (exact) mass is 350 g/mol. The molecule has 0 aliphatic carbocycles. The molecule has 0 atom stereocenters. The second-order valence-electron chi connectivity index (χ2n) is 4.66. The van der Waals surface area contributed by atoms with Crippen LogP contribution in [0.1, 0.15) is 0 Å². The number of sulfonamides is 1. The summed E-state index contributed by atoms with van der Waals surface area (Å²) in [7, 11) is -4.02. The molecule has 0 unspecified atom stereocenters. The van der Waals surface area contributed by atoms with Crippen LogP contribution in [-0.2, 0) is 14.8 Å². The Hall–Kier alpha value is -2.19. The highest BCUT2D eigenvalue weighted by Crippen LogP contribution is 2.28. The lowest BCUT2D eigenvalue weighted by Gasteiger charge is -2.15. The molecule has 1 heterocycles. The molecule has 1 saturated heterocycles. The van der Waals surface area contributed by atoms with Crippen molar-refractivity contribution in [2.45, 2.75) is 4.90 Å². The number of carbonyl (C=O) groups excluding carboxylic acids is 1. The quantitative estimate of drug-likeness (QED) is 0.853. The number of para-hydroxylation sites is 1. The van der Waals surface area contributed by atoms with Crippen LogP contribution in [0.4, 0.5) is 10.1 Å². The molecule has 2 aromatic carbocycles. The van der Waals surface area contributed by atoms with E-state index in [0.717, 1.165) is 36.0 Å². The molecule has 0 spiro atoms. The average Bonchev–Trinajstić information content (AvgIpc) is 2.88. The standard InChI is InChI=1S/C15H11FN2O3S2/c16-11-6-8-13(9-7-11)23(20,21)17-15-18(14(19)10-22-15)12-4-2-1-3-5-12/h1-9H,10H2. The molecular formula is C15H11FN2O3S2.